The number of ether oxygens (including phenoxy) is 2. The van der Waals surface area contributed by atoms with Crippen molar-refractivity contribution < 1.29 is 9.47 Å². The monoisotopic (exact) mass is 497 g/mol. The summed E-state index contributed by atoms with van der Waals surface area (Å²) in [7, 11) is 1.63. The number of methoxy groups -OCH3 is 1. The largest absolute Gasteiger partial charge is 0.493 e. The Labute approximate surface area is 189 Å². The minimum absolute atomic E-state index is 0.316. The van der Waals surface area contributed by atoms with E-state index in [-0.39, 0.29) is 0 Å². The van der Waals surface area contributed by atoms with Gasteiger partial charge in [-0.15, -0.1) is 0 Å². The first-order chi connectivity index (χ1) is 14.1. The summed E-state index contributed by atoms with van der Waals surface area (Å²) in [6.07, 6.45) is 6.57. The lowest BCUT2D eigenvalue weighted by Gasteiger charge is -2.18. The second kappa shape index (κ2) is 10.9. The molecule has 0 bridgehead atoms. The first-order valence-electron chi connectivity index (χ1n) is 9.17. The molecule has 154 valence electrons. The van der Waals surface area contributed by atoms with E-state index in [1.165, 1.54) is 0 Å². The van der Waals surface area contributed by atoms with Crippen LogP contribution in [0.4, 0.5) is 0 Å². The number of nitrogens with one attached hydrogen (secondary N) is 1. The minimum Gasteiger partial charge on any atom is -0.493 e. The molecule has 0 atom stereocenters. The third-order valence-electron chi connectivity index (χ3n) is 4.41. The van der Waals surface area contributed by atoms with Crippen LogP contribution in [0.2, 0.25) is 10.0 Å². The zero-order valence-electron chi connectivity index (χ0n) is 16.0. The van der Waals surface area contributed by atoms with Crippen LogP contribution >= 0.6 is 39.1 Å². The molecule has 0 radical (unpaired) electrons. The molecule has 29 heavy (non-hydrogen) atoms. The van der Waals surface area contributed by atoms with Crippen molar-refractivity contribution in [2.75, 3.05) is 13.7 Å². The summed E-state index contributed by atoms with van der Waals surface area (Å²) in [5.41, 5.74) is 1.86. The van der Waals surface area contributed by atoms with Crippen LogP contribution in [0.3, 0.4) is 0 Å². The Bertz CT molecular complexity index is 936. The van der Waals surface area contributed by atoms with E-state index < -0.39 is 0 Å². The molecule has 0 fully saturated rings. The number of aryl methyl sites for hydroxylation is 1. The molecule has 0 aliphatic heterocycles. The van der Waals surface area contributed by atoms with Crippen molar-refractivity contribution in [3.05, 3.63) is 74.7 Å². The van der Waals surface area contributed by atoms with Gasteiger partial charge in [0.25, 0.3) is 0 Å². The van der Waals surface area contributed by atoms with Crippen LogP contribution in [-0.4, -0.2) is 23.2 Å². The summed E-state index contributed by atoms with van der Waals surface area (Å²) < 4.78 is 14.7. The van der Waals surface area contributed by atoms with Gasteiger partial charge in [-0.3, -0.25) is 0 Å². The van der Waals surface area contributed by atoms with Crippen molar-refractivity contribution >= 4 is 39.1 Å². The van der Waals surface area contributed by atoms with Gasteiger partial charge in [0.15, 0.2) is 11.5 Å². The predicted octanol–water partition coefficient (Wildman–Crippen LogP) is 5.72. The van der Waals surface area contributed by atoms with Gasteiger partial charge in [-0.1, -0.05) is 45.2 Å². The number of hydrogen-bond acceptors (Lipinski definition) is 4. The summed E-state index contributed by atoms with van der Waals surface area (Å²) in [4.78, 5) is 4.06. The molecular weight excluding hydrogens is 477 g/mol. The molecule has 1 N–H and O–H groups in total. The van der Waals surface area contributed by atoms with Crippen LogP contribution in [0.1, 0.15) is 17.5 Å². The van der Waals surface area contributed by atoms with E-state index in [2.05, 4.69) is 30.8 Å². The molecule has 0 aliphatic carbocycles. The fourth-order valence-corrected chi connectivity index (χ4v) is 3.79. The molecule has 0 saturated heterocycles. The van der Waals surface area contributed by atoms with Gasteiger partial charge < -0.3 is 19.4 Å². The number of nitrogens with zero attached hydrogens (tertiary/aromatic N) is 2. The number of hydrogen-bond donors (Lipinski definition) is 1. The molecule has 3 aromatic rings. The Morgan fingerprint density at radius 1 is 1.21 bits per heavy atom. The van der Waals surface area contributed by atoms with E-state index in [1.807, 2.05) is 30.7 Å². The third-order valence-corrected chi connectivity index (χ3v) is 5.73. The number of rotatable bonds is 10. The lowest BCUT2D eigenvalue weighted by Crippen LogP contribution is -2.17. The Hall–Kier alpha value is -1.73. The van der Waals surface area contributed by atoms with Crippen molar-refractivity contribution in [2.45, 2.75) is 26.1 Å². The summed E-state index contributed by atoms with van der Waals surface area (Å²) in [6, 6.07) is 9.22. The summed E-state index contributed by atoms with van der Waals surface area (Å²) >= 11 is 15.9. The second-order valence-electron chi connectivity index (χ2n) is 6.41. The average molecular weight is 499 g/mol. The summed E-state index contributed by atoms with van der Waals surface area (Å²) in [5, 5.41) is 4.64. The molecule has 1 aromatic heterocycles. The molecule has 2 aromatic carbocycles. The molecule has 8 heteroatoms. The van der Waals surface area contributed by atoms with E-state index in [4.69, 9.17) is 32.7 Å². The van der Waals surface area contributed by atoms with Crippen LogP contribution in [-0.2, 0) is 19.7 Å². The molecule has 0 aliphatic rings. The Balaban J connectivity index is 1.65. The highest BCUT2D eigenvalue weighted by atomic mass is 79.9. The van der Waals surface area contributed by atoms with Crippen LogP contribution in [0.25, 0.3) is 0 Å². The van der Waals surface area contributed by atoms with Gasteiger partial charge >= 0.3 is 0 Å². The SMILES string of the molecule is COc1ccc(Br)c(CNCCCn2ccnc2)c1OCc1ccc(Cl)cc1Cl. The molecule has 0 unspecified atom stereocenters. The minimum atomic E-state index is 0.316. The highest BCUT2D eigenvalue weighted by Crippen LogP contribution is 2.37. The molecule has 3 rings (SSSR count). The number of imidazole rings is 1. The average Bonchev–Trinajstić information content (AvgIpc) is 3.22. The second-order valence-corrected chi connectivity index (χ2v) is 8.11. The Kier molecular flexibility index (Phi) is 8.24. The quantitative estimate of drug-likeness (QED) is 0.363. The van der Waals surface area contributed by atoms with E-state index in [0.29, 0.717) is 34.7 Å². The summed E-state index contributed by atoms with van der Waals surface area (Å²) in [5.74, 6) is 1.36. The van der Waals surface area contributed by atoms with Crippen molar-refractivity contribution in [1.82, 2.24) is 14.9 Å². The van der Waals surface area contributed by atoms with Crippen molar-refractivity contribution in [3.63, 3.8) is 0 Å². The molecule has 1 heterocycles. The van der Waals surface area contributed by atoms with E-state index >= 15 is 0 Å². The van der Waals surface area contributed by atoms with Crippen LogP contribution in [0, 0.1) is 0 Å². The van der Waals surface area contributed by atoms with Gasteiger partial charge in [0.05, 0.1) is 13.4 Å². The molecule has 0 spiro atoms. The zero-order chi connectivity index (χ0) is 20.6. The van der Waals surface area contributed by atoms with Gasteiger partial charge in [0.2, 0.25) is 0 Å². The lowest BCUT2D eigenvalue weighted by atomic mass is 10.1. The van der Waals surface area contributed by atoms with Gasteiger partial charge in [0, 0.05) is 51.1 Å². The fourth-order valence-electron chi connectivity index (χ4n) is 2.87. The molecule has 0 saturated carbocycles. The van der Waals surface area contributed by atoms with Crippen molar-refractivity contribution in [2.24, 2.45) is 0 Å². The zero-order valence-corrected chi connectivity index (χ0v) is 19.1. The number of halogens is 3. The van der Waals surface area contributed by atoms with E-state index in [1.54, 1.807) is 25.4 Å². The van der Waals surface area contributed by atoms with Gasteiger partial charge in [-0.2, -0.15) is 0 Å². The topological polar surface area (TPSA) is 48.3 Å². The van der Waals surface area contributed by atoms with E-state index in [0.717, 1.165) is 35.1 Å². The highest BCUT2D eigenvalue weighted by Gasteiger charge is 2.15. The standard InChI is InChI=1S/C21H22BrCl2N3O2/c1-28-20-6-5-18(22)17(12-25-7-2-9-27-10-8-26-14-27)21(20)29-13-15-3-4-16(23)11-19(15)24/h3-6,8,10-11,14,25H,2,7,9,12-13H2,1H3. The fraction of sp³-hybridized carbons (Fsp3) is 0.286. The summed E-state index contributed by atoms with van der Waals surface area (Å²) in [6.45, 7) is 2.75. The number of benzene rings is 2. The van der Waals surface area contributed by atoms with Crippen molar-refractivity contribution in [3.8, 4) is 11.5 Å². The van der Waals surface area contributed by atoms with E-state index in [9.17, 15) is 0 Å². The Morgan fingerprint density at radius 2 is 2.07 bits per heavy atom. The highest BCUT2D eigenvalue weighted by molar-refractivity contribution is 9.10. The normalized spacial score (nSPS) is 10.9. The first kappa shape index (κ1) is 22.0. The molecular formula is C21H22BrCl2N3O2. The van der Waals surface area contributed by atoms with Crippen LogP contribution in [0.5, 0.6) is 11.5 Å². The Morgan fingerprint density at radius 3 is 2.79 bits per heavy atom. The van der Waals surface area contributed by atoms with Crippen molar-refractivity contribution in [1.29, 1.82) is 0 Å². The predicted molar refractivity (Wildman–Crippen MR) is 120 cm³/mol. The van der Waals surface area contributed by atoms with Crippen LogP contribution in [0.15, 0.2) is 53.5 Å². The van der Waals surface area contributed by atoms with Gasteiger partial charge in [0.1, 0.15) is 6.61 Å². The first-order valence-corrected chi connectivity index (χ1v) is 10.7. The maximum absolute atomic E-state index is 6.28. The third kappa shape index (κ3) is 6.12. The maximum atomic E-state index is 6.28. The maximum Gasteiger partial charge on any atom is 0.167 e. The molecule has 5 nitrogen and oxygen atoms in total. The lowest BCUT2D eigenvalue weighted by molar-refractivity contribution is 0.280. The molecule has 0 amide bonds. The number of aromatic nitrogens is 2. The van der Waals surface area contributed by atoms with Gasteiger partial charge in [-0.05, 0) is 37.2 Å². The van der Waals surface area contributed by atoms with Gasteiger partial charge in [-0.25, -0.2) is 4.98 Å². The smallest absolute Gasteiger partial charge is 0.167 e. The van der Waals surface area contributed by atoms with Crippen LogP contribution < -0.4 is 14.8 Å².